The zero-order valence-corrected chi connectivity index (χ0v) is 13.9. The monoisotopic (exact) mass is 289 g/mol. The summed E-state index contributed by atoms with van der Waals surface area (Å²) < 4.78 is 0. The van der Waals surface area contributed by atoms with Crippen LogP contribution < -0.4 is 5.73 Å². The number of nitrogens with zero attached hydrogens (tertiary/aromatic N) is 2. The molecule has 0 spiro atoms. The molecule has 21 heavy (non-hydrogen) atoms. The Morgan fingerprint density at radius 1 is 1.10 bits per heavy atom. The summed E-state index contributed by atoms with van der Waals surface area (Å²) in [7, 11) is 4.26. The van der Waals surface area contributed by atoms with Gasteiger partial charge in [-0.1, -0.05) is 31.2 Å². The van der Waals surface area contributed by atoms with Gasteiger partial charge < -0.3 is 10.6 Å². The Bertz CT molecular complexity index is 409. The highest BCUT2D eigenvalue weighted by molar-refractivity contribution is 5.30. The largest absolute Gasteiger partial charge is 0.329 e. The van der Waals surface area contributed by atoms with Gasteiger partial charge in [0.15, 0.2) is 0 Å². The van der Waals surface area contributed by atoms with Crippen LogP contribution in [0.5, 0.6) is 0 Å². The summed E-state index contributed by atoms with van der Waals surface area (Å²) in [5.41, 5.74) is 8.97. The van der Waals surface area contributed by atoms with Crippen molar-refractivity contribution in [3.05, 3.63) is 35.4 Å². The first-order valence-corrected chi connectivity index (χ1v) is 8.34. The van der Waals surface area contributed by atoms with Gasteiger partial charge in [-0.2, -0.15) is 0 Å². The smallest absolute Gasteiger partial charge is 0.0470 e. The van der Waals surface area contributed by atoms with Crippen LogP contribution in [0.3, 0.4) is 0 Å². The van der Waals surface area contributed by atoms with Gasteiger partial charge in [0.25, 0.3) is 0 Å². The molecule has 1 fully saturated rings. The van der Waals surface area contributed by atoms with Gasteiger partial charge in [-0.25, -0.2) is 0 Å². The quantitative estimate of drug-likeness (QED) is 0.759. The van der Waals surface area contributed by atoms with Crippen LogP contribution in [0.4, 0.5) is 0 Å². The highest BCUT2D eigenvalue weighted by atomic mass is 15.2. The van der Waals surface area contributed by atoms with Gasteiger partial charge in [0.1, 0.15) is 0 Å². The summed E-state index contributed by atoms with van der Waals surface area (Å²) in [5, 5.41) is 0. The maximum Gasteiger partial charge on any atom is 0.0470 e. The molecule has 2 N–H and O–H groups in total. The van der Waals surface area contributed by atoms with Crippen LogP contribution in [0.15, 0.2) is 24.3 Å². The highest BCUT2D eigenvalue weighted by Crippen LogP contribution is 2.40. The lowest BCUT2D eigenvalue weighted by Gasteiger charge is -2.32. The first kappa shape index (κ1) is 16.5. The SMILES string of the molecule is CCCN(CCN(C)C)C(CN)c1ccc(C2CC2)cc1. The summed E-state index contributed by atoms with van der Waals surface area (Å²) >= 11 is 0. The molecule has 1 saturated carbocycles. The fourth-order valence-corrected chi connectivity index (χ4v) is 2.94. The number of hydrogen-bond acceptors (Lipinski definition) is 3. The minimum atomic E-state index is 0.346. The van der Waals surface area contributed by atoms with E-state index in [-0.39, 0.29) is 0 Å². The lowest BCUT2D eigenvalue weighted by molar-refractivity contribution is 0.182. The van der Waals surface area contributed by atoms with Crippen LogP contribution in [0.25, 0.3) is 0 Å². The van der Waals surface area contributed by atoms with Crippen molar-refractivity contribution in [3.63, 3.8) is 0 Å². The number of nitrogens with two attached hydrogens (primary N) is 1. The summed E-state index contributed by atoms with van der Waals surface area (Å²) in [6, 6.07) is 9.56. The minimum absolute atomic E-state index is 0.346. The third-order valence-corrected chi connectivity index (χ3v) is 4.38. The lowest BCUT2D eigenvalue weighted by atomic mass is 10.0. The van der Waals surface area contributed by atoms with Gasteiger partial charge in [-0.3, -0.25) is 4.90 Å². The average molecular weight is 289 g/mol. The molecule has 1 aliphatic carbocycles. The Labute approximate surface area is 130 Å². The molecular formula is C18H31N3. The third-order valence-electron chi connectivity index (χ3n) is 4.38. The van der Waals surface area contributed by atoms with E-state index in [4.69, 9.17) is 5.73 Å². The van der Waals surface area contributed by atoms with Gasteiger partial charge in [0.2, 0.25) is 0 Å². The lowest BCUT2D eigenvalue weighted by Crippen LogP contribution is -2.38. The standard InChI is InChI=1S/C18H31N3/c1-4-11-21(13-12-20(2)3)18(14-19)17-9-7-16(8-10-17)15-5-6-15/h7-10,15,18H,4-6,11-14,19H2,1-3H3. The molecule has 0 amide bonds. The minimum Gasteiger partial charge on any atom is -0.329 e. The summed E-state index contributed by atoms with van der Waals surface area (Å²) in [6.45, 7) is 6.20. The molecule has 1 atom stereocenters. The molecule has 0 aliphatic heterocycles. The number of hydrogen-bond donors (Lipinski definition) is 1. The first-order valence-electron chi connectivity index (χ1n) is 8.34. The maximum atomic E-state index is 6.10. The molecule has 0 heterocycles. The predicted molar refractivity (Wildman–Crippen MR) is 90.6 cm³/mol. The Kier molecular flexibility index (Phi) is 6.22. The van der Waals surface area contributed by atoms with Crippen LogP contribution in [0, 0.1) is 0 Å². The molecule has 2 rings (SSSR count). The second kappa shape index (κ2) is 7.92. The fourth-order valence-electron chi connectivity index (χ4n) is 2.94. The topological polar surface area (TPSA) is 32.5 Å². The Morgan fingerprint density at radius 2 is 1.76 bits per heavy atom. The highest BCUT2D eigenvalue weighted by Gasteiger charge is 2.24. The Hall–Kier alpha value is -0.900. The number of likely N-dealkylation sites (N-methyl/N-ethyl adjacent to an activating group) is 1. The van der Waals surface area contributed by atoms with Gasteiger partial charge in [0, 0.05) is 25.7 Å². The summed E-state index contributed by atoms with van der Waals surface area (Å²) in [5.74, 6) is 0.830. The van der Waals surface area contributed by atoms with Crippen LogP contribution >= 0.6 is 0 Å². The van der Waals surface area contributed by atoms with E-state index in [9.17, 15) is 0 Å². The molecule has 0 radical (unpaired) electrons. The molecule has 1 aromatic carbocycles. The zero-order valence-electron chi connectivity index (χ0n) is 13.9. The van der Waals surface area contributed by atoms with Gasteiger partial charge in [-0.05, 0) is 56.9 Å². The van der Waals surface area contributed by atoms with E-state index < -0.39 is 0 Å². The van der Waals surface area contributed by atoms with E-state index in [0.29, 0.717) is 12.6 Å². The number of benzene rings is 1. The molecule has 0 aromatic heterocycles. The van der Waals surface area contributed by atoms with Crippen molar-refractivity contribution in [1.82, 2.24) is 9.80 Å². The zero-order chi connectivity index (χ0) is 15.2. The van der Waals surface area contributed by atoms with Gasteiger partial charge >= 0.3 is 0 Å². The molecule has 1 unspecified atom stereocenters. The van der Waals surface area contributed by atoms with Crippen LogP contribution in [-0.4, -0.2) is 50.1 Å². The number of rotatable bonds is 9. The van der Waals surface area contributed by atoms with E-state index in [0.717, 1.165) is 25.6 Å². The maximum absolute atomic E-state index is 6.10. The van der Waals surface area contributed by atoms with Crippen LogP contribution in [0.2, 0.25) is 0 Å². The first-order chi connectivity index (χ1) is 10.2. The van der Waals surface area contributed by atoms with Crippen molar-refractivity contribution < 1.29 is 0 Å². The van der Waals surface area contributed by atoms with Crippen molar-refractivity contribution in [2.24, 2.45) is 5.73 Å². The van der Waals surface area contributed by atoms with Crippen molar-refractivity contribution in [3.8, 4) is 0 Å². The average Bonchev–Trinajstić information content (AvgIpc) is 3.31. The Morgan fingerprint density at radius 3 is 2.24 bits per heavy atom. The Balaban J connectivity index is 2.06. The van der Waals surface area contributed by atoms with E-state index in [1.54, 1.807) is 0 Å². The molecule has 1 aromatic rings. The third kappa shape index (κ3) is 4.80. The van der Waals surface area contributed by atoms with Crippen molar-refractivity contribution in [2.75, 3.05) is 40.3 Å². The van der Waals surface area contributed by atoms with Crippen LogP contribution in [-0.2, 0) is 0 Å². The second-order valence-corrected chi connectivity index (χ2v) is 6.53. The van der Waals surface area contributed by atoms with E-state index in [1.165, 1.54) is 30.4 Å². The molecule has 3 heteroatoms. The molecule has 3 nitrogen and oxygen atoms in total. The van der Waals surface area contributed by atoms with Crippen molar-refractivity contribution in [1.29, 1.82) is 0 Å². The van der Waals surface area contributed by atoms with Gasteiger partial charge in [-0.15, -0.1) is 0 Å². The van der Waals surface area contributed by atoms with Crippen LogP contribution in [0.1, 0.15) is 49.3 Å². The molecule has 0 bridgehead atoms. The van der Waals surface area contributed by atoms with Crippen molar-refractivity contribution in [2.45, 2.75) is 38.1 Å². The normalized spacial score (nSPS) is 16.7. The fraction of sp³-hybridized carbons (Fsp3) is 0.667. The van der Waals surface area contributed by atoms with Crippen molar-refractivity contribution >= 4 is 0 Å². The predicted octanol–water partition coefficient (Wildman–Crippen LogP) is 2.84. The van der Waals surface area contributed by atoms with E-state index >= 15 is 0 Å². The molecule has 118 valence electrons. The summed E-state index contributed by atoms with van der Waals surface area (Å²) in [4.78, 5) is 4.78. The molecular weight excluding hydrogens is 258 g/mol. The van der Waals surface area contributed by atoms with Gasteiger partial charge in [0.05, 0.1) is 0 Å². The molecule has 1 aliphatic rings. The second-order valence-electron chi connectivity index (χ2n) is 6.53. The van der Waals surface area contributed by atoms with E-state index in [1.807, 2.05) is 0 Å². The molecule has 0 saturated heterocycles. The van der Waals surface area contributed by atoms with E-state index in [2.05, 4.69) is 55.1 Å². The summed E-state index contributed by atoms with van der Waals surface area (Å²) in [6.07, 6.45) is 3.90.